The molecule has 2 unspecified atom stereocenters. The number of aromatic nitrogens is 3. The van der Waals surface area contributed by atoms with Crippen molar-refractivity contribution in [3.8, 4) is 0 Å². The lowest BCUT2D eigenvalue weighted by Crippen LogP contribution is -2.18. The second kappa shape index (κ2) is 4.57. The van der Waals surface area contributed by atoms with Crippen LogP contribution in [0.5, 0.6) is 0 Å². The van der Waals surface area contributed by atoms with Gasteiger partial charge in [-0.1, -0.05) is 6.07 Å². The molecule has 1 N–H and O–H groups in total. The van der Waals surface area contributed by atoms with E-state index in [0.717, 1.165) is 30.6 Å². The number of ether oxygens (including phenoxy) is 1. The van der Waals surface area contributed by atoms with Gasteiger partial charge in [-0.25, -0.2) is 4.52 Å². The number of nitrogens with one attached hydrogen (secondary N) is 1. The second-order valence-corrected chi connectivity index (χ2v) is 4.88. The number of aryl methyl sites for hydroxylation is 1. The molecule has 1 saturated carbocycles. The minimum atomic E-state index is 0.376. The highest BCUT2D eigenvalue weighted by molar-refractivity contribution is 5.44. The molecule has 0 saturated heterocycles. The summed E-state index contributed by atoms with van der Waals surface area (Å²) in [5.41, 5.74) is 1.98. The fourth-order valence-corrected chi connectivity index (χ4v) is 2.56. The SMILES string of the molecule is COC1CCC(Nc2nc3cccc(C)n3n2)C1. The summed E-state index contributed by atoms with van der Waals surface area (Å²) in [5, 5.41) is 7.88. The number of hydrogen-bond acceptors (Lipinski definition) is 4. The van der Waals surface area contributed by atoms with Gasteiger partial charge in [0.2, 0.25) is 5.95 Å². The third-order valence-corrected chi connectivity index (χ3v) is 3.60. The zero-order valence-corrected chi connectivity index (χ0v) is 10.8. The van der Waals surface area contributed by atoms with Crippen molar-refractivity contribution < 1.29 is 4.74 Å². The Bertz CT molecular complexity index is 551. The molecule has 1 fully saturated rings. The Morgan fingerprint density at radius 2 is 2.28 bits per heavy atom. The van der Waals surface area contributed by atoms with Gasteiger partial charge in [0.05, 0.1) is 6.10 Å². The van der Waals surface area contributed by atoms with E-state index in [9.17, 15) is 0 Å². The normalized spacial score (nSPS) is 23.7. The van der Waals surface area contributed by atoms with Gasteiger partial charge < -0.3 is 10.1 Å². The summed E-state index contributed by atoms with van der Waals surface area (Å²) in [4.78, 5) is 4.49. The molecule has 1 aliphatic carbocycles. The molecule has 2 aromatic rings. The average molecular weight is 246 g/mol. The van der Waals surface area contributed by atoms with Crippen LogP contribution in [0.4, 0.5) is 5.95 Å². The molecule has 96 valence electrons. The van der Waals surface area contributed by atoms with E-state index in [4.69, 9.17) is 4.74 Å². The first kappa shape index (κ1) is 11.5. The molecule has 0 radical (unpaired) electrons. The number of hydrogen-bond donors (Lipinski definition) is 1. The molecule has 5 nitrogen and oxygen atoms in total. The molecule has 18 heavy (non-hydrogen) atoms. The molecule has 0 aliphatic heterocycles. The van der Waals surface area contributed by atoms with Gasteiger partial charge in [0.15, 0.2) is 5.65 Å². The number of nitrogens with zero attached hydrogens (tertiary/aromatic N) is 3. The first-order valence-corrected chi connectivity index (χ1v) is 6.38. The van der Waals surface area contributed by atoms with Gasteiger partial charge in [-0.15, -0.1) is 5.10 Å². The van der Waals surface area contributed by atoms with Crippen molar-refractivity contribution in [1.82, 2.24) is 14.6 Å². The second-order valence-electron chi connectivity index (χ2n) is 4.88. The number of pyridine rings is 1. The Balaban J connectivity index is 1.77. The van der Waals surface area contributed by atoms with Crippen molar-refractivity contribution in [3.05, 3.63) is 23.9 Å². The van der Waals surface area contributed by atoms with Gasteiger partial charge in [-0.3, -0.25) is 0 Å². The minimum Gasteiger partial charge on any atom is -0.381 e. The van der Waals surface area contributed by atoms with Gasteiger partial charge >= 0.3 is 0 Å². The van der Waals surface area contributed by atoms with Gasteiger partial charge in [-0.05, 0) is 38.3 Å². The molecule has 0 bridgehead atoms. The Morgan fingerprint density at radius 1 is 1.39 bits per heavy atom. The molecule has 2 heterocycles. The van der Waals surface area contributed by atoms with Gasteiger partial charge in [0, 0.05) is 18.8 Å². The maximum atomic E-state index is 5.37. The highest BCUT2D eigenvalue weighted by Crippen LogP contribution is 2.24. The van der Waals surface area contributed by atoms with E-state index in [0.29, 0.717) is 18.1 Å². The van der Waals surface area contributed by atoms with Crippen LogP contribution in [0.1, 0.15) is 25.0 Å². The molecule has 2 aromatic heterocycles. The molecule has 2 atom stereocenters. The van der Waals surface area contributed by atoms with Crippen LogP contribution in [0, 0.1) is 6.92 Å². The molecular formula is C13H18N4O. The van der Waals surface area contributed by atoms with Crippen molar-refractivity contribution in [1.29, 1.82) is 0 Å². The van der Waals surface area contributed by atoms with Crippen LogP contribution in [0.25, 0.3) is 5.65 Å². The zero-order chi connectivity index (χ0) is 12.5. The molecule has 5 heteroatoms. The lowest BCUT2D eigenvalue weighted by molar-refractivity contribution is 0.108. The number of anilines is 1. The molecule has 1 aliphatic rings. The fraction of sp³-hybridized carbons (Fsp3) is 0.538. The Morgan fingerprint density at radius 3 is 3.00 bits per heavy atom. The van der Waals surface area contributed by atoms with Gasteiger partial charge in [0.1, 0.15) is 0 Å². The lowest BCUT2D eigenvalue weighted by Gasteiger charge is -2.10. The summed E-state index contributed by atoms with van der Waals surface area (Å²) in [5.74, 6) is 0.714. The van der Waals surface area contributed by atoms with Crippen LogP contribution >= 0.6 is 0 Å². The highest BCUT2D eigenvalue weighted by Gasteiger charge is 2.25. The number of methoxy groups -OCH3 is 1. The van der Waals surface area contributed by atoms with E-state index >= 15 is 0 Å². The van der Waals surface area contributed by atoms with E-state index < -0.39 is 0 Å². The zero-order valence-electron chi connectivity index (χ0n) is 10.8. The summed E-state index contributed by atoms with van der Waals surface area (Å²) in [6.07, 6.45) is 3.64. The summed E-state index contributed by atoms with van der Waals surface area (Å²) >= 11 is 0. The van der Waals surface area contributed by atoms with Crippen LogP contribution in [0.2, 0.25) is 0 Å². The van der Waals surface area contributed by atoms with E-state index in [1.165, 1.54) is 0 Å². The van der Waals surface area contributed by atoms with Crippen molar-refractivity contribution in [2.45, 2.75) is 38.3 Å². The fourth-order valence-electron chi connectivity index (χ4n) is 2.56. The Labute approximate surface area is 106 Å². The van der Waals surface area contributed by atoms with Crippen LogP contribution in [-0.4, -0.2) is 33.9 Å². The molecule has 0 aromatic carbocycles. The molecular weight excluding hydrogens is 228 g/mol. The lowest BCUT2D eigenvalue weighted by atomic mass is 10.2. The smallest absolute Gasteiger partial charge is 0.243 e. The minimum absolute atomic E-state index is 0.376. The monoisotopic (exact) mass is 246 g/mol. The van der Waals surface area contributed by atoms with Gasteiger partial charge in [-0.2, -0.15) is 4.98 Å². The van der Waals surface area contributed by atoms with Crippen LogP contribution in [0.3, 0.4) is 0 Å². The largest absolute Gasteiger partial charge is 0.381 e. The molecule has 0 spiro atoms. The topological polar surface area (TPSA) is 51.5 Å². The van der Waals surface area contributed by atoms with Crippen LogP contribution in [0.15, 0.2) is 18.2 Å². The summed E-state index contributed by atoms with van der Waals surface area (Å²) in [6, 6.07) is 6.42. The van der Waals surface area contributed by atoms with Crippen molar-refractivity contribution in [2.24, 2.45) is 0 Å². The highest BCUT2D eigenvalue weighted by atomic mass is 16.5. The third-order valence-electron chi connectivity index (χ3n) is 3.60. The number of rotatable bonds is 3. The van der Waals surface area contributed by atoms with E-state index in [2.05, 4.69) is 15.4 Å². The predicted octanol–water partition coefficient (Wildman–Crippen LogP) is 2.02. The van der Waals surface area contributed by atoms with Crippen molar-refractivity contribution in [3.63, 3.8) is 0 Å². The molecule has 0 amide bonds. The van der Waals surface area contributed by atoms with Crippen molar-refractivity contribution in [2.75, 3.05) is 12.4 Å². The van der Waals surface area contributed by atoms with E-state index in [1.54, 1.807) is 7.11 Å². The van der Waals surface area contributed by atoms with Crippen molar-refractivity contribution >= 4 is 11.6 Å². The standard InChI is InChI=1S/C13H18N4O/c1-9-4-3-5-12-15-13(16-17(9)12)14-10-6-7-11(8-10)18-2/h3-5,10-11H,6-8H2,1-2H3,(H,14,16). The maximum Gasteiger partial charge on any atom is 0.243 e. The average Bonchev–Trinajstić information content (AvgIpc) is 2.96. The van der Waals surface area contributed by atoms with Gasteiger partial charge in [0.25, 0.3) is 0 Å². The molecule has 3 rings (SSSR count). The van der Waals surface area contributed by atoms with Crippen LogP contribution < -0.4 is 5.32 Å². The quantitative estimate of drug-likeness (QED) is 0.900. The summed E-state index contributed by atoms with van der Waals surface area (Å²) in [7, 11) is 1.78. The van der Waals surface area contributed by atoms with E-state index in [-0.39, 0.29) is 0 Å². The number of fused-ring (bicyclic) bond motifs is 1. The van der Waals surface area contributed by atoms with E-state index in [1.807, 2.05) is 29.6 Å². The Hall–Kier alpha value is -1.62. The Kier molecular flexibility index (Phi) is 2.91. The predicted molar refractivity (Wildman–Crippen MR) is 69.8 cm³/mol. The summed E-state index contributed by atoms with van der Waals surface area (Å²) < 4.78 is 7.24. The maximum absolute atomic E-state index is 5.37. The first-order chi connectivity index (χ1) is 8.76. The first-order valence-electron chi connectivity index (χ1n) is 6.38. The van der Waals surface area contributed by atoms with Crippen LogP contribution in [-0.2, 0) is 4.74 Å². The summed E-state index contributed by atoms with van der Waals surface area (Å²) in [6.45, 7) is 2.03. The third kappa shape index (κ3) is 2.06.